The van der Waals surface area contributed by atoms with E-state index in [-0.39, 0.29) is 0 Å². The van der Waals surface area contributed by atoms with Crippen LogP contribution in [0.2, 0.25) is 0 Å². The van der Waals surface area contributed by atoms with Crippen LogP contribution in [0, 0.1) is 0 Å². The van der Waals surface area contributed by atoms with E-state index < -0.39 is 5.97 Å². The largest absolute Gasteiger partial charge is 0.497 e. The number of fused-ring (bicyclic) bond motifs is 1. The number of pyridine rings is 1. The van der Waals surface area contributed by atoms with Gasteiger partial charge in [0, 0.05) is 17.1 Å². The van der Waals surface area contributed by atoms with Gasteiger partial charge in [-0.3, -0.25) is 0 Å². The van der Waals surface area contributed by atoms with Gasteiger partial charge in [0.2, 0.25) is 0 Å². The Hall–Kier alpha value is -3.67. The van der Waals surface area contributed by atoms with E-state index in [0.29, 0.717) is 17.8 Å². The Labute approximate surface area is 162 Å². The molecule has 2 heterocycles. The summed E-state index contributed by atoms with van der Waals surface area (Å²) in [6.45, 7) is 2.09. The van der Waals surface area contributed by atoms with E-state index in [4.69, 9.17) is 14.6 Å². The van der Waals surface area contributed by atoms with Crippen LogP contribution in [-0.4, -0.2) is 34.5 Å². The van der Waals surface area contributed by atoms with Crippen molar-refractivity contribution in [2.24, 2.45) is 0 Å². The quantitative estimate of drug-likeness (QED) is 0.489. The zero-order valence-electron chi connectivity index (χ0n) is 15.6. The molecular weight excluding hydrogens is 354 g/mol. The number of carbonyl (C=O) groups is 1. The highest BCUT2D eigenvalue weighted by atomic mass is 16.5. The standard InChI is InChI=1S/C22H19N3O3/c1-3-28-22(26)16-13-19-20(15-9-11-18(27-2)12-10-15)24-25(21(19)23-14-16)17-7-5-4-6-8-17/h4-14H,3H2,1-2H3. The van der Waals surface area contributed by atoms with Gasteiger partial charge < -0.3 is 9.47 Å². The SMILES string of the molecule is CCOC(=O)c1cnc2c(c1)c(-c1ccc(OC)cc1)nn2-c1ccccc1. The molecule has 2 aromatic carbocycles. The smallest absolute Gasteiger partial charge is 0.339 e. The summed E-state index contributed by atoms with van der Waals surface area (Å²) in [5.74, 6) is 0.367. The molecule has 28 heavy (non-hydrogen) atoms. The molecule has 0 aliphatic carbocycles. The van der Waals surface area contributed by atoms with Gasteiger partial charge in [-0.1, -0.05) is 18.2 Å². The first-order chi connectivity index (χ1) is 13.7. The average molecular weight is 373 g/mol. The second-order valence-electron chi connectivity index (χ2n) is 6.14. The summed E-state index contributed by atoms with van der Waals surface area (Å²) >= 11 is 0. The molecule has 6 nitrogen and oxygen atoms in total. The minimum absolute atomic E-state index is 0.311. The van der Waals surface area contributed by atoms with Gasteiger partial charge in [0.25, 0.3) is 0 Å². The van der Waals surface area contributed by atoms with Crippen LogP contribution in [0.5, 0.6) is 5.75 Å². The molecule has 0 fully saturated rings. The van der Waals surface area contributed by atoms with E-state index in [9.17, 15) is 4.79 Å². The zero-order chi connectivity index (χ0) is 19.5. The molecule has 0 saturated carbocycles. The molecule has 0 unspecified atom stereocenters. The monoisotopic (exact) mass is 373 g/mol. The van der Waals surface area contributed by atoms with Gasteiger partial charge in [-0.25, -0.2) is 14.5 Å². The number of aromatic nitrogens is 3. The lowest BCUT2D eigenvalue weighted by Gasteiger charge is -2.03. The number of hydrogen-bond donors (Lipinski definition) is 0. The van der Waals surface area contributed by atoms with Crippen LogP contribution < -0.4 is 4.74 Å². The van der Waals surface area contributed by atoms with Crippen molar-refractivity contribution in [2.45, 2.75) is 6.92 Å². The van der Waals surface area contributed by atoms with E-state index in [1.165, 1.54) is 6.20 Å². The van der Waals surface area contributed by atoms with Gasteiger partial charge in [0.05, 0.1) is 25.0 Å². The van der Waals surface area contributed by atoms with Crippen LogP contribution in [0.1, 0.15) is 17.3 Å². The summed E-state index contributed by atoms with van der Waals surface area (Å²) in [4.78, 5) is 16.7. The van der Waals surface area contributed by atoms with Crippen LogP contribution in [0.25, 0.3) is 28.0 Å². The summed E-state index contributed by atoms with van der Waals surface area (Å²) in [5.41, 5.74) is 3.61. The van der Waals surface area contributed by atoms with Crippen LogP contribution >= 0.6 is 0 Å². The maximum Gasteiger partial charge on any atom is 0.339 e. The average Bonchev–Trinajstić information content (AvgIpc) is 3.13. The van der Waals surface area contributed by atoms with Gasteiger partial charge in [-0.15, -0.1) is 0 Å². The molecule has 0 spiro atoms. The summed E-state index contributed by atoms with van der Waals surface area (Å²) < 4.78 is 12.1. The van der Waals surface area contributed by atoms with Gasteiger partial charge >= 0.3 is 5.97 Å². The first-order valence-corrected chi connectivity index (χ1v) is 8.97. The third-order valence-electron chi connectivity index (χ3n) is 4.40. The highest BCUT2D eigenvalue weighted by molar-refractivity contribution is 5.98. The molecule has 6 heteroatoms. The van der Waals surface area contributed by atoms with Crippen LogP contribution in [0.4, 0.5) is 0 Å². The lowest BCUT2D eigenvalue weighted by atomic mass is 10.1. The number of rotatable bonds is 5. The van der Waals surface area contributed by atoms with E-state index in [0.717, 1.165) is 28.1 Å². The van der Waals surface area contributed by atoms with Gasteiger partial charge in [0.1, 0.15) is 11.4 Å². The Morgan fingerprint density at radius 1 is 1.07 bits per heavy atom. The highest BCUT2D eigenvalue weighted by Gasteiger charge is 2.18. The number of para-hydroxylation sites is 1. The number of methoxy groups -OCH3 is 1. The Balaban J connectivity index is 1.92. The van der Waals surface area contributed by atoms with Gasteiger partial charge in [0.15, 0.2) is 5.65 Å². The normalized spacial score (nSPS) is 10.8. The number of hydrogen-bond acceptors (Lipinski definition) is 5. The molecule has 0 aliphatic rings. The minimum Gasteiger partial charge on any atom is -0.497 e. The molecule has 0 aliphatic heterocycles. The minimum atomic E-state index is -0.398. The molecular formula is C22H19N3O3. The highest BCUT2D eigenvalue weighted by Crippen LogP contribution is 2.30. The Morgan fingerprint density at radius 3 is 2.50 bits per heavy atom. The predicted molar refractivity (Wildman–Crippen MR) is 107 cm³/mol. The van der Waals surface area contributed by atoms with Crippen molar-refractivity contribution in [3.8, 4) is 22.7 Å². The topological polar surface area (TPSA) is 66.2 Å². The summed E-state index contributed by atoms with van der Waals surface area (Å²) in [7, 11) is 1.63. The molecule has 0 atom stereocenters. The van der Waals surface area contributed by atoms with Crippen molar-refractivity contribution < 1.29 is 14.3 Å². The predicted octanol–water partition coefficient (Wildman–Crippen LogP) is 4.27. The van der Waals surface area contributed by atoms with Gasteiger partial charge in [-0.05, 0) is 49.4 Å². The molecule has 140 valence electrons. The Kier molecular flexibility index (Phi) is 4.76. The molecule has 0 radical (unpaired) electrons. The van der Waals surface area contributed by atoms with Crippen molar-refractivity contribution in [1.29, 1.82) is 0 Å². The molecule has 0 amide bonds. The lowest BCUT2D eigenvalue weighted by Crippen LogP contribution is -2.05. The number of benzene rings is 2. The molecule has 4 rings (SSSR count). The third-order valence-corrected chi connectivity index (χ3v) is 4.40. The van der Waals surface area contributed by atoms with Crippen molar-refractivity contribution in [2.75, 3.05) is 13.7 Å². The summed E-state index contributed by atoms with van der Waals surface area (Å²) in [5, 5.41) is 5.57. The molecule has 0 N–H and O–H groups in total. The molecule has 0 bridgehead atoms. The number of esters is 1. The zero-order valence-corrected chi connectivity index (χ0v) is 15.6. The van der Waals surface area contributed by atoms with E-state index in [1.54, 1.807) is 24.8 Å². The first-order valence-electron chi connectivity index (χ1n) is 8.97. The van der Waals surface area contributed by atoms with Gasteiger partial charge in [-0.2, -0.15) is 5.10 Å². The molecule has 0 saturated heterocycles. The number of nitrogens with zero attached hydrogens (tertiary/aromatic N) is 3. The van der Waals surface area contributed by atoms with Crippen molar-refractivity contribution in [1.82, 2.24) is 14.8 Å². The second kappa shape index (κ2) is 7.52. The lowest BCUT2D eigenvalue weighted by molar-refractivity contribution is 0.0526. The van der Waals surface area contributed by atoms with Crippen molar-refractivity contribution in [3.63, 3.8) is 0 Å². The maximum atomic E-state index is 12.2. The van der Waals surface area contributed by atoms with Crippen molar-refractivity contribution in [3.05, 3.63) is 72.4 Å². The summed E-state index contributed by atoms with van der Waals surface area (Å²) in [6, 6.07) is 19.2. The number of ether oxygens (including phenoxy) is 2. The molecule has 2 aromatic heterocycles. The fourth-order valence-corrected chi connectivity index (χ4v) is 3.04. The van der Waals surface area contributed by atoms with E-state index in [1.807, 2.05) is 54.6 Å². The van der Waals surface area contributed by atoms with E-state index in [2.05, 4.69) is 4.98 Å². The third kappa shape index (κ3) is 3.20. The van der Waals surface area contributed by atoms with Crippen LogP contribution in [0.15, 0.2) is 66.9 Å². The van der Waals surface area contributed by atoms with E-state index >= 15 is 0 Å². The van der Waals surface area contributed by atoms with Crippen LogP contribution in [-0.2, 0) is 4.74 Å². The fraction of sp³-hybridized carbons (Fsp3) is 0.136. The van der Waals surface area contributed by atoms with Crippen molar-refractivity contribution >= 4 is 17.0 Å². The second-order valence-corrected chi connectivity index (χ2v) is 6.14. The number of carbonyl (C=O) groups excluding carboxylic acids is 1. The Morgan fingerprint density at radius 2 is 1.82 bits per heavy atom. The van der Waals surface area contributed by atoms with Crippen LogP contribution in [0.3, 0.4) is 0 Å². The Bertz CT molecular complexity index is 1120. The maximum absolute atomic E-state index is 12.2. The fourth-order valence-electron chi connectivity index (χ4n) is 3.04. The molecule has 4 aromatic rings. The summed E-state index contributed by atoms with van der Waals surface area (Å²) in [6.07, 6.45) is 1.53. The first kappa shape index (κ1) is 17.7.